The Labute approximate surface area is 98.9 Å². The third kappa shape index (κ3) is 2.38. The number of aromatic nitrogens is 2. The predicted octanol–water partition coefficient (Wildman–Crippen LogP) is 0.130. The van der Waals surface area contributed by atoms with Gasteiger partial charge in [-0.2, -0.15) is 5.10 Å². The van der Waals surface area contributed by atoms with E-state index >= 15 is 0 Å². The van der Waals surface area contributed by atoms with Crippen LogP contribution in [0.25, 0.3) is 0 Å². The predicted molar refractivity (Wildman–Crippen MR) is 66.7 cm³/mol. The Kier molecular flexibility index (Phi) is 3.19. The quantitative estimate of drug-likeness (QED) is 0.758. The molecular formula is C10H14N4OS. The Morgan fingerprint density at radius 1 is 1.50 bits per heavy atom. The Morgan fingerprint density at radius 2 is 2.19 bits per heavy atom. The maximum absolute atomic E-state index is 11.7. The summed E-state index contributed by atoms with van der Waals surface area (Å²) in [5.41, 5.74) is 6.11. The molecule has 0 aliphatic carbocycles. The summed E-state index contributed by atoms with van der Waals surface area (Å²) in [7, 11) is 0. The lowest BCUT2D eigenvalue weighted by Gasteiger charge is -2.16. The molecule has 0 spiro atoms. The van der Waals surface area contributed by atoms with Gasteiger partial charge in [0.25, 0.3) is 5.56 Å². The van der Waals surface area contributed by atoms with E-state index < -0.39 is 0 Å². The molecule has 1 aromatic heterocycles. The molecule has 0 radical (unpaired) electrons. The number of anilines is 1. The summed E-state index contributed by atoms with van der Waals surface area (Å²) < 4.78 is 1.28. The number of nitrogens with zero attached hydrogens (tertiary/aromatic N) is 3. The summed E-state index contributed by atoms with van der Waals surface area (Å²) in [6.07, 6.45) is 4.05. The van der Waals surface area contributed by atoms with Crippen LogP contribution < -0.4 is 16.2 Å². The van der Waals surface area contributed by atoms with Crippen molar-refractivity contribution in [1.29, 1.82) is 0 Å². The van der Waals surface area contributed by atoms with Gasteiger partial charge in [-0.05, 0) is 12.8 Å². The summed E-state index contributed by atoms with van der Waals surface area (Å²) >= 11 is 4.74. The van der Waals surface area contributed by atoms with Crippen molar-refractivity contribution < 1.29 is 0 Å². The molecule has 0 amide bonds. The molecule has 16 heavy (non-hydrogen) atoms. The van der Waals surface area contributed by atoms with Gasteiger partial charge in [0.05, 0.1) is 23.4 Å². The van der Waals surface area contributed by atoms with Crippen molar-refractivity contribution in [3.8, 4) is 0 Å². The first-order valence-corrected chi connectivity index (χ1v) is 5.68. The van der Waals surface area contributed by atoms with E-state index in [0.29, 0.717) is 0 Å². The molecule has 5 nitrogen and oxygen atoms in total. The highest BCUT2D eigenvalue weighted by molar-refractivity contribution is 7.80. The van der Waals surface area contributed by atoms with Crippen LogP contribution in [-0.4, -0.2) is 27.9 Å². The molecule has 6 heteroatoms. The lowest BCUT2D eigenvalue weighted by Crippen LogP contribution is -2.30. The number of rotatable bonds is 3. The second-order valence-electron chi connectivity index (χ2n) is 3.87. The second kappa shape index (κ2) is 4.61. The Hall–Kier alpha value is -1.43. The van der Waals surface area contributed by atoms with Crippen molar-refractivity contribution in [2.24, 2.45) is 5.73 Å². The average molecular weight is 238 g/mol. The Bertz CT molecular complexity index is 450. The topological polar surface area (TPSA) is 64.2 Å². The van der Waals surface area contributed by atoms with Crippen molar-refractivity contribution in [1.82, 2.24) is 9.78 Å². The molecule has 2 heterocycles. The van der Waals surface area contributed by atoms with Crippen molar-refractivity contribution >= 4 is 22.9 Å². The molecule has 86 valence electrons. The summed E-state index contributed by atoms with van der Waals surface area (Å²) in [5.74, 6) is 0. The van der Waals surface area contributed by atoms with Crippen LogP contribution in [0.15, 0.2) is 17.1 Å². The highest BCUT2D eigenvalue weighted by atomic mass is 32.1. The van der Waals surface area contributed by atoms with E-state index in [1.807, 2.05) is 0 Å². The fraction of sp³-hybridized carbons (Fsp3) is 0.500. The first kappa shape index (κ1) is 11.1. The zero-order chi connectivity index (χ0) is 11.5. The molecule has 0 atom stereocenters. The molecule has 2 N–H and O–H groups in total. The number of nitrogens with two attached hydrogens (primary N) is 1. The fourth-order valence-corrected chi connectivity index (χ4v) is 1.96. The van der Waals surface area contributed by atoms with Gasteiger partial charge in [-0.1, -0.05) is 12.2 Å². The first-order chi connectivity index (χ1) is 7.66. The van der Waals surface area contributed by atoms with Gasteiger partial charge < -0.3 is 10.6 Å². The van der Waals surface area contributed by atoms with Crippen LogP contribution in [-0.2, 0) is 6.54 Å². The van der Waals surface area contributed by atoms with E-state index in [9.17, 15) is 4.79 Å². The van der Waals surface area contributed by atoms with Crippen molar-refractivity contribution in [3.63, 3.8) is 0 Å². The molecule has 1 aliphatic rings. The summed E-state index contributed by atoms with van der Waals surface area (Å²) in [6, 6.07) is 1.59. The SMILES string of the molecule is NC(=S)Cn1ncc(N2CCCC2)cc1=O. The average Bonchev–Trinajstić information content (AvgIpc) is 2.73. The van der Waals surface area contributed by atoms with Crippen LogP contribution in [0.5, 0.6) is 0 Å². The van der Waals surface area contributed by atoms with Crippen molar-refractivity contribution in [3.05, 3.63) is 22.6 Å². The molecule has 2 rings (SSSR count). The van der Waals surface area contributed by atoms with Gasteiger partial charge in [-0.25, -0.2) is 4.68 Å². The number of hydrogen-bond acceptors (Lipinski definition) is 4. The summed E-state index contributed by atoms with van der Waals surface area (Å²) in [4.78, 5) is 14.1. The van der Waals surface area contributed by atoms with E-state index in [2.05, 4.69) is 10.00 Å². The van der Waals surface area contributed by atoms with Gasteiger partial charge in [0.15, 0.2) is 0 Å². The maximum Gasteiger partial charge on any atom is 0.269 e. The molecule has 0 unspecified atom stereocenters. The van der Waals surface area contributed by atoms with Gasteiger partial charge in [-0.15, -0.1) is 0 Å². The third-order valence-corrected chi connectivity index (χ3v) is 2.76. The van der Waals surface area contributed by atoms with Crippen molar-refractivity contribution in [2.75, 3.05) is 18.0 Å². The fourth-order valence-electron chi connectivity index (χ4n) is 1.84. The zero-order valence-corrected chi connectivity index (χ0v) is 9.74. The van der Waals surface area contributed by atoms with Gasteiger partial charge in [-0.3, -0.25) is 4.79 Å². The van der Waals surface area contributed by atoms with E-state index in [1.54, 1.807) is 12.3 Å². The van der Waals surface area contributed by atoms with Gasteiger partial charge in [0, 0.05) is 19.2 Å². The van der Waals surface area contributed by atoms with Crippen molar-refractivity contribution in [2.45, 2.75) is 19.4 Å². The molecular weight excluding hydrogens is 224 g/mol. The normalized spacial score (nSPS) is 15.4. The minimum absolute atomic E-state index is 0.155. The summed E-state index contributed by atoms with van der Waals surface area (Å²) in [5, 5.41) is 4.06. The Balaban J connectivity index is 2.21. The standard InChI is InChI=1S/C10H14N4OS/c11-9(16)7-14-10(15)5-8(6-12-14)13-3-1-2-4-13/h5-6H,1-4,7H2,(H2,11,16). The third-order valence-electron chi connectivity index (χ3n) is 2.63. The van der Waals surface area contributed by atoms with Crippen LogP contribution in [0.3, 0.4) is 0 Å². The molecule has 0 saturated carbocycles. The molecule has 1 aliphatic heterocycles. The maximum atomic E-state index is 11.7. The van der Waals surface area contributed by atoms with Crippen LogP contribution in [0.1, 0.15) is 12.8 Å². The van der Waals surface area contributed by atoms with Crippen LogP contribution in [0, 0.1) is 0 Å². The zero-order valence-electron chi connectivity index (χ0n) is 8.93. The smallest absolute Gasteiger partial charge is 0.269 e. The van der Waals surface area contributed by atoms with Crippen LogP contribution in [0.4, 0.5) is 5.69 Å². The van der Waals surface area contributed by atoms with Crippen LogP contribution >= 0.6 is 12.2 Å². The largest absolute Gasteiger partial charge is 0.392 e. The Morgan fingerprint density at radius 3 is 2.75 bits per heavy atom. The number of thiocarbonyl (C=S) groups is 1. The minimum Gasteiger partial charge on any atom is -0.392 e. The number of hydrogen-bond donors (Lipinski definition) is 1. The van der Waals surface area contributed by atoms with Gasteiger partial charge in [0.2, 0.25) is 0 Å². The lowest BCUT2D eigenvalue weighted by molar-refractivity contribution is 0.669. The van der Waals surface area contributed by atoms with Gasteiger partial charge >= 0.3 is 0 Å². The van der Waals surface area contributed by atoms with E-state index in [1.165, 1.54) is 17.5 Å². The minimum atomic E-state index is -0.155. The van der Waals surface area contributed by atoms with E-state index in [-0.39, 0.29) is 17.1 Å². The highest BCUT2D eigenvalue weighted by Crippen LogP contribution is 2.16. The molecule has 0 bridgehead atoms. The highest BCUT2D eigenvalue weighted by Gasteiger charge is 2.13. The summed E-state index contributed by atoms with van der Waals surface area (Å²) in [6.45, 7) is 2.20. The molecule has 1 saturated heterocycles. The van der Waals surface area contributed by atoms with Crippen LogP contribution in [0.2, 0.25) is 0 Å². The van der Waals surface area contributed by atoms with E-state index in [4.69, 9.17) is 18.0 Å². The molecule has 0 aromatic carbocycles. The molecule has 1 fully saturated rings. The first-order valence-electron chi connectivity index (χ1n) is 5.27. The monoisotopic (exact) mass is 238 g/mol. The van der Waals surface area contributed by atoms with Gasteiger partial charge in [0.1, 0.15) is 0 Å². The molecule has 1 aromatic rings. The van der Waals surface area contributed by atoms with E-state index in [0.717, 1.165) is 18.8 Å². The lowest BCUT2D eigenvalue weighted by atomic mass is 10.4. The second-order valence-corrected chi connectivity index (χ2v) is 4.39.